The fourth-order valence-corrected chi connectivity index (χ4v) is 5.31. The number of carbonyl (C=O) groups is 1. The molecular formula is C26H27F6N3O3S2. The number of fused-ring (bicyclic) bond motifs is 1. The van der Waals surface area contributed by atoms with Gasteiger partial charge < -0.3 is 14.7 Å². The summed E-state index contributed by atoms with van der Waals surface area (Å²) in [5.74, 6) is -4.64. The lowest BCUT2D eigenvalue weighted by Gasteiger charge is -2.26. The Morgan fingerprint density at radius 2 is 1.82 bits per heavy atom. The van der Waals surface area contributed by atoms with Crippen LogP contribution in [0.15, 0.2) is 41.3 Å². The molecule has 218 valence electrons. The van der Waals surface area contributed by atoms with Gasteiger partial charge in [0.05, 0.1) is 26.0 Å². The molecular weight excluding hydrogens is 580 g/mol. The third-order valence-corrected chi connectivity index (χ3v) is 7.62. The first-order chi connectivity index (χ1) is 18.6. The van der Waals surface area contributed by atoms with Crippen LogP contribution in [0, 0.1) is 12.7 Å². The van der Waals surface area contributed by atoms with Gasteiger partial charge in [-0.15, -0.1) is 11.3 Å². The molecule has 0 saturated heterocycles. The summed E-state index contributed by atoms with van der Waals surface area (Å²) in [5, 5.41) is 9.77. The SMILES string of the molecule is CCC(C)(F)F.Cc1nc(C(=O)O)c(COc2cc3c(cc2C(F)(F)F)N(c2cccc(F)c2)CCN(C)S3)s1. The van der Waals surface area contributed by atoms with Crippen molar-refractivity contribution in [2.75, 3.05) is 25.0 Å². The molecule has 1 aliphatic rings. The predicted octanol–water partition coefficient (Wildman–Crippen LogP) is 8.03. The highest BCUT2D eigenvalue weighted by molar-refractivity contribution is 7.97. The van der Waals surface area contributed by atoms with Gasteiger partial charge in [-0.2, -0.15) is 13.2 Å². The van der Waals surface area contributed by atoms with Crippen LogP contribution in [0.1, 0.15) is 46.2 Å². The number of aryl methyl sites for hydroxylation is 1. The highest BCUT2D eigenvalue weighted by atomic mass is 32.2. The molecule has 0 aliphatic carbocycles. The highest BCUT2D eigenvalue weighted by Crippen LogP contribution is 2.46. The number of benzene rings is 2. The molecule has 0 unspecified atom stereocenters. The first-order valence-electron chi connectivity index (χ1n) is 12.0. The van der Waals surface area contributed by atoms with Gasteiger partial charge in [0.15, 0.2) is 5.69 Å². The summed E-state index contributed by atoms with van der Waals surface area (Å²) in [6, 6.07) is 7.99. The van der Waals surface area contributed by atoms with Gasteiger partial charge in [-0.3, -0.25) is 0 Å². The lowest BCUT2D eigenvalue weighted by Crippen LogP contribution is -2.25. The first-order valence-corrected chi connectivity index (χ1v) is 13.6. The van der Waals surface area contributed by atoms with E-state index >= 15 is 0 Å². The number of aromatic nitrogens is 1. The molecule has 0 atom stereocenters. The molecule has 14 heteroatoms. The molecule has 4 rings (SSSR count). The number of halogens is 6. The highest BCUT2D eigenvalue weighted by Gasteiger charge is 2.37. The number of hydrogen-bond acceptors (Lipinski definition) is 7. The number of likely N-dealkylation sites (N-methyl/N-ethyl adjacent to an activating group) is 1. The molecule has 0 fully saturated rings. The lowest BCUT2D eigenvalue weighted by molar-refractivity contribution is -0.139. The number of ether oxygens (including phenoxy) is 1. The Bertz CT molecular complexity index is 1340. The molecule has 0 spiro atoms. The molecule has 0 radical (unpaired) electrons. The van der Waals surface area contributed by atoms with E-state index in [1.165, 1.54) is 43.1 Å². The molecule has 1 aliphatic heterocycles. The van der Waals surface area contributed by atoms with Crippen LogP contribution in [0.2, 0.25) is 0 Å². The van der Waals surface area contributed by atoms with E-state index in [1.54, 1.807) is 24.9 Å². The molecule has 1 N–H and O–H groups in total. The zero-order valence-corrected chi connectivity index (χ0v) is 23.6. The van der Waals surface area contributed by atoms with Crippen molar-refractivity contribution >= 4 is 40.6 Å². The molecule has 3 aromatic rings. The van der Waals surface area contributed by atoms with Crippen molar-refractivity contribution in [2.45, 2.75) is 50.8 Å². The summed E-state index contributed by atoms with van der Waals surface area (Å²) in [6.07, 6.45) is -4.80. The summed E-state index contributed by atoms with van der Waals surface area (Å²) in [4.78, 5) is 17.7. The van der Waals surface area contributed by atoms with Crippen molar-refractivity contribution in [1.29, 1.82) is 0 Å². The van der Waals surface area contributed by atoms with Gasteiger partial charge in [0.1, 0.15) is 18.2 Å². The number of rotatable bonds is 6. The van der Waals surface area contributed by atoms with Crippen LogP contribution in [-0.4, -0.2) is 46.4 Å². The van der Waals surface area contributed by atoms with Crippen molar-refractivity contribution in [3.05, 3.63) is 63.4 Å². The van der Waals surface area contributed by atoms with E-state index in [-0.39, 0.29) is 29.3 Å². The molecule has 2 heterocycles. The van der Waals surface area contributed by atoms with Crippen LogP contribution in [0.3, 0.4) is 0 Å². The maximum absolute atomic E-state index is 14.0. The summed E-state index contributed by atoms with van der Waals surface area (Å²) in [7, 11) is 1.81. The third-order valence-electron chi connectivity index (χ3n) is 5.66. The zero-order chi connectivity index (χ0) is 29.8. The van der Waals surface area contributed by atoms with Crippen molar-refractivity contribution < 1.29 is 41.0 Å². The second-order valence-electron chi connectivity index (χ2n) is 8.91. The molecule has 0 saturated carbocycles. The Kier molecular flexibility index (Phi) is 10.0. The van der Waals surface area contributed by atoms with Crippen molar-refractivity contribution in [2.24, 2.45) is 0 Å². The van der Waals surface area contributed by atoms with Gasteiger partial charge in [0, 0.05) is 25.2 Å². The van der Waals surface area contributed by atoms with Gasteiger partial charge in [-0.1, -0.05) is 13.0 Å². The fourth-order valence-electron chi connectivity index (χ4n) is 3.54. The van der Waals surface area contributed by atoms with E-state index in [2.05, 4.69) is 4.98 Å². The standard InChI is InChI=1S/C22H19F4N3O3S2.C4H8F2/c1-12-27-20(21(30)31)19(33-12)11-32-17-10-18-16(9-15(17)22(24,25)26)29(7-6-28(2)34-18)14-5-3-4-13(23)8-14;1-3-4(2,5)6/h3-5,8-10H,6-7,11H2,1-2H3,(H,30,31);3H2,1-2H3. The van der Waals surface area contributed by atoms with Crippen molar-refractivity contribution in [3.8, 4) is 5.75 Å². The third kappa shape index (κ3) is 8.27. The second kappa shape index (κ2) is 12.7. The first kappa shape index (κ1) is 31.6. The predicted molar refractivity (Wildman–Crippen MR) is 142 cm³/mol. The molecule has 0 bridgehead atoms. The Morgan fingerprint density at radius 1 is 1.15 bits per heavy atom. The minimum atomic E-state index is -4.74. The lowest BCUT2D eigenvalue weighted by atomic mass is 10.1. The van der Waals surface area contributed by atoms with Crippen molar-refractivity contribution in [3.63, 3.8) is 0 Å². The van der Waals surface area contributed by atoms with E-state index in [0.717, 1.165) is 24.3 Å². The average molecular weight is 608 g/mol. The molecule has 2 aromatic carbocycles. The number of aromatic carboxylic acids is 1. The summed E-state index contributed by atoms with van der Waals surface area (Å²) in [6.45, 7) is 4.46. The summed E-state index contributed by atoms with van der Waals surface area (Å²) in [5.41, 5.74) is -0.530. The Hall–Kier alpha value is -2.97. The monoisotopic (exact) mass is 607 g/mol. The minimum Gasteiger partial charge on any atom is -0.487 e. The summed E-state index contributed by atoms with van der Waals surface area (Å²) < 4.78 is 86.3. The normalized spacial score (nSPS) is 14.2. The average Bonchev–Trinajstić information content (AvgIpc) is 3.15. The van der Waals surface area contributed by atoms with E-state index < -0.39 is 35.2 Å². The number of thiazole rings is 1. The number of carboxylic acid groups (broad SMARTS) is 1. The fraction of sp³-hybridized carbons (Fsp3) is 0.385. The second-order valence-corrected chi connectivity index (χ2v) is 11.4. The maximum Gasteiger partial charge on any atom is 0.420 e. The quantitative estimate of drug-likeness (QED) is 0.225. The van der Waals surface area contributed by atoms with Crippen LogP contribution in [0.4, 0.5) is 37.7 Å². The Morgan fingerprint density at radius 3 is 2.40 bits per heavy atom. The number of anilines is 2. The van der Waals surface area contributed by atoms with Gasteiger partial charge >= 0.3 is 12.1 Å². The van der Waals surface area contributed by atoms with E-state index in [9.17, 15) is 36.2 Å². The molecule has 1 aromatic heterocycles. The van der Waals surface area contributed by atoms with Crippen LogP contribution >= 0.6 is 23.3 Å². The largest absolute Gasteiger partial charge is 0.487 e. The van der Waals surface area contributed by atoms with Gasteiger partial charge in [-0.25, -0.2) is 27.3 Å². The van der Waals surface area contributed by atoms with Crippen LogP contribution < -0.4 is 9.64 Å². The number of nitrogens with zero attached hydrogens (tertiary/aromatic N) is 3. The van der Waals surface area contributed by atoms with Gasteiger partial charge in [-0.05, 0) is 63.2 Å². The summed E-state index contributed by atoms with van der Waals surface area (Å²) >= 11 is 2.30. The Labute approximate surface area is 235 Å². The number of hydrogen-bond donors (Lipinski definition) is 1. The molecule has 0 amide bonds. The zero-order valence-electron chi connectivity index (χ0n) is 22.0. The van der Waals surface area contributed by atoms with Crippen molar-refractivity contribution in [1.82, 2.24) is 9.29 Å². The van der Waals surface area contributed by atoms with Crippen LogP contribution in [0.5, 0.6) is 5.75 Å². The van der Waals surface area contributed by atoms with Gasteiger partial charge in [0.2, 0.25) is 5.92 Å². The smallest absolute Gasteiger partial charge is 0.420 e. The maximum atomic E-state index is 14.0. The number of alkyl halides is 5. The van der Waals surface area contributed by atoms with E-state index in [1.807, 2.05) is 4.31 Å². The minimum absolute atomic E-state index is 0.0625. The van der Waals surface area contributed by atoms with Crippen LogP contribution in [0.25, 0.3) is 0 Å². The molecule has 40 heavy (non-hydrogen) atoms. The number of carboxylic acids is 1. The molecule has 6 nitrogen and oxygen atoms in total. The van der Waals surface area contributed by atoms with Gasteiger partial charge in [0.25, 0.3) is 0 Å². The topological polar surface area (TPSA) is 65.9 Å². The van der Waals surface area contributed by atoms with Crippen LogP contribution in [-0.2, 0) is 12.8 Å². The Balaban J connectivity index is 0.000000663. The van der Waals surface area contributed by atoms with E-state index in [4.69, 9.17) is 4.74 Å². The van der Waals surface area contributed by atoms with E-state index in [0.29, 0.717) is 28.7 Å².